The molecule has 2 rings (SSSR count). The summed E-state index contributed by atoms with van der Waals surface area (Å²) in [5, 5.41) is 8.96. The van der Waals surface area contributed by atoms with Crippen LogP contribution in [0.1, 0.15) is 22.9 Å². The fourth-order valence-electron chi connectivity index (χ4n) is 2.07. The summed E-state index contributed by atoms with van der Waals surface area (Å²) in [6.45, 7) is 1.93. The van der Waals surface area contributed by atoms with Crippen LogP contribution < -0.4 is 9.47 Å². The largest absolute Gasteiger partial charge is 0.493 e. The van der Waals surface area contributed by atoms with Gasteiger partial charge in [0.1, 0.15) is 5.76 Å². The molecular weight excluding hydrogens is 258 g/mol. The van der Waals surface area contributed by atoms with Gasteiger partial charge in [0.05, 0.1) is 19.9 Å². The number of oxazole rings is 1. The Bertz CT molecular complexity index is 577. The average molecular weight is 277 g/mol. The number of nitrogens with zero attached hydrogens (tertiary/aromatic N) is 1. The first-order valence-corrected chi connectivity index (χ1v) is 6.45. The van der Waals surface area contributed by atoms with Crippen molar-refractivity contribution in [2.45, 2.75) is 19.8 Å². The third-order valence-electron chi connectivity index (χ3n) is 3.09. The molecule has 5 heteroatoms. The molecule has 1 heterocycles. The summed E-state index contributed by atoms with van der Waals surface area (Å²) >= 11 is 0. The van der Waals surface area contributed by atoms with Gasteiger partial charge in [0.25, 0.3) is 0 Å². The van der Waals surface area contributed by atoms with E-state index in [0.717, 1.165) is 17.0 Å². The van der Waals surface area contributed by atoms with Crippen molar-refractivity contribution >= 4 is 0 Å². The minimum atomic E-state index is 0.0726. The highest BCUT2D eigenvalue weighted by molar-refractivity contribution is 5.43. The van der Waals surface area contributed by atoms with Crippen LogP contribution in [-0.4, -0.2) is 30.9 Å². The lowest BCUT2D eigenvalue weighted by Crippen LogP contribution is -1.95. The van der Waals surface area contributed by atoms with Crippen LogP contribution in [0, 0.1) is 6.92 Å². The molecule has 5 nitrogen and oxygen atoms in total. The first kappa shape index (κ1) is 14.4. The predicted octanol–water partition coefficient (Wildman–Crippen LogP) is 2.13. The third kappa shape index (κ3) is 3.11. The van der Waals surface area contributed by atoms with Crippen molar-refractivity contribution in [3.05, 3.63) is 41.1 Å². The molecule has 0 bridgehead atoms. The molecule has 0 saturated heterocycles. The molecule has 0 atom stereocenters. The Morgan fingerprint density at radius 2 is 1.95 bits per heavy atom. The third-order valence-corrected chi connectivity index (χ3v) is 3.09. The highest BCUT2D eigenvalue weighted by atomic mass is 16.5. The summed E-state index contributed by atoms with van der Waals surface area (Å²) in [7, 11) is 3.21. The van der Waals surface area contributed by atoms with E-state index < -0.39 is 0 Å². The summed E-state index contributed by atoms with van der Waals surface area (Å²) < 4.78 is 16.1. The van der Waals surface area contributed by atoms with Gasteiger partial charge >= 0.3 is 0 Å². The van der Waals surface area contributed by atoms with Gasteiger partial charge in [-0.1, -0.05) is 6.07 Å². The maximum absolute atomic E-state index is 8.96. The molecule has 1 aromatic heterocycles. The molecule has 108 valence electrons. The summed E-state index contributed by atoms with van der Waals surface area (Å²) in [5.74, 6) is 2.78. The van der Waals surface area contributed by atoms with Crippen LogP contribution in [0.3, 0.4) is 0 Å². The monoisotopic (exact) mass is 277 g/mol. The Morgan fingerprint density at radius 3 is 2.60 bits per heavy atom. The van der Waals surface area contributed by atoms with Crippen molar-refractivity contribution in [1.82, 2.24) is 4.98 Å². The molecule has 0 radical (unpaired) electrons. The van der Waals surface area contributed by atoms with Crippen LogP contribution in [0.2, 0.25) is 0 Å². The summed E-state index contributed by atoms with van der Waals surface area (Å²) in [5.41, 5.74) is 1.84. The molecule has 0 aliphatic rings. The molecule has 0 unspecified atom stereocenters. The van der Waals surface area contributed by atoms with Gasteiger partial charge in [0, 0.05) is 19.4 Å². The molecule has 0 saturated carbocycles. The number of aliphatic hydroxyl groups is 1. The Balaban J connectivity index is 2.19. The van der Waals surface area contributed by atoms with Gasteiger partial charge in [-0.15, -0.1) is 0 Å². The van der Waals surface area contributed by atoms with E-state index >= 15 is 0 Å². The molecule has 0 aliphatic heterocycles. The van der Waals surface area contributed by atoms with Gasteiger partial charge in [0.2, 0.25) is 0 Å². The first-order chi connectivity index (χ1) is 9.67. The number of benzene rings is 1. The first-order valence-electron chi connectivity index (χ1n) is 6.45. The smallest absolute Gasteiger partial charge is 0.199 e. The standard InChI is InChI=1S/C15H19NO4/c1-10-12(6-7-17)16-15(20-10)9-11-4-5-13(18-2)14(8-11)19-3/h4-5,8,17H,6-7,9H2,1-3H3. The van der Waals surface area contributed by atoms with Crippen LogP contribution in [-0.2, 0) is 12.8 Å². The van der Waals surface area contributed by atoms with Crippen molar-refractivity contribution in [1.29, 1.82) is 0 Å². The van der Waals surface area contributed by atoms with E-state index in [1.807, 2.05) is 25.1 Å². The zero-order chi connectivity index (χ0) is 14.5. The average Bonchev–Trinajstić information content (AvgIpc) is 2.79. The van der Waals surface area contributed by atoms with Gasteiger partial charge in [-0.3, -0.25) is 0 Å². The number of aliphatic hydroxyl groups excluding tert-OH is 1. The summed E-state index contributed by atoms with van der Waals surface area (Å²) in [6, 6.07) is 5.72. The quantitative estimate of drug-likeness (QED) is 0.876. The summed E-state index contributed by atoms with van der Waals surface area (Å²) in [4.78, 5) is 4.39. The van der Waals surface area contributed by atoms with E-state index in [2.05, 4.69) is 4.98 Å². The van der Waals surface area contributed by atoms with E-state index in [4.69, 9.17) is 19.0 Å². The van der Waals surface area contributed by atoms with Crippen molar-refractivity contribution < 1.29 is 19.0 Å². The molecule has 1 N–H and O–H groups in total. The van der Waals surface area contributed by atoms with Crippen LogP contribution in [0.5, 0.6) is 11.5 Å². The fraction of sp³-hybridized carbons (Fsp3) is 0.400. The van der Waals surface area contributed by atoms with Crippen LogP contribution in [0.15, 0.2) is 22.6 Å². The molecule has 0 amide bonds. The van der Waals surface area contributed by atoms with E-state index in [1.54, 1.807) is 14.2 Å². The Morgan fingerprint density at radius 1 is 1.20 bits per heavy atom. The highest BCUT2D eigenvalue weighted by Crippen LogP contribution is 2.28. The highest BCUT2D eigenvalue weighted by Gasteiger charge is 2.11. The SMILES string of the molecule is COc1ccc(Cc2nc(CCO)c(C)o2)cc1OC. The molecule has 0 fully saturated rings. The van der Waals surface area contributed by atoms with Crippen LogP contribution >= 0.6 is 0 Å². The second-order valence-electron chi connectivity index (χ2n) is 4.45. The van der Waals surface area contributed by atoms with Gasteiger partial charge in [-0.05, 0) is 24.6 Å². The number of hydrogen-bond acceptors (Lipinski definition) is 5. The molecule has 0 aliphatic carbocycles. The van der Waals surface area contributed by atoms with Crippen LogP contribution in [0.25, 0.3) is 0 Å². The maximum atomic E-state index is 8.96. The normalized spacial score (nSPS) is 10.6. The Labute approximate surface area is 118 Å². The van der Waals surface area contributed by atoms with E-state index in [1.165, 1.54) is 0 Å². The second-order valence-corrected chi connectivity index (χ2v) is 4.45. The minimum Gasteiger partial charge on any atom is -0.493 e. The molecule has 2 aromatic rings. The van der Waals surface area contributed by atoms with Crippen molar-refractivity contribution in [3.63, 3.8) is 0 Å². The lowest BCUT2D eigenvalue weighted by Gasteiger charge is -2.08. The van der Waals surface area contributed by atoms with Crippen molar-refractivity contribution in [3.8, 4) is 11.5 Å². The molecule has 20 heavy (non-hydrogen) atoms. The predicted molar refractivity (Wildman–Crippen MR) is 74.4 cm³/mol. The van der Waals surface area contributed by atoms with Crippen LogP contribution in [0.4, 0.5) is 0 Å². The van der Waals surface area contributed by atoms with E-state index in [-0.39, 0.29) is 6.61 Å². The molecule has 0 spiro atoms. The van der Waals surface area contributed by atoms with E-state index in [9.17, 15) is 0 Å². The zero-order valence-corrected chi connectivity index (χ0v) is 12.0. The maximum Gasteiger partial charge on any atom is 0.199 e. The number of hydrogen-bond donors (Lipinski definition) is 1. The number of aryl methyl sites for hydroxylation is 1. The summed E-state index contributed by atoms with van der Waals surface area (Å²) in [6.07, 6.45) is 1.09. The number of aromatic nitrogens is 1. The number of methoxy groups -OCH3 is 2. The Hall–Kier alpha value is -2.01. The Kier molecular flexibility index (Phi) is 4.63. The molecule has 1 aromatic carbocycles. The topological polar surface area (TPSA) is 64.7 Å². The molecular formula is C15H19NO4. The second kappa shape index (κ2) is 6.43. The van der Waals surface area contributed by atoms with Gasteiger partial charge < -0.3 is 19.0 Å². The zero-order valence-electron chi connectivity index (χ0n) is 12.0. The number of ether oxygens (including phenoxy) is 2. The van der Waals surface area contributed by atoms with Crippen molar-refractivity contribution in [2.75, 3.05) is 20.8 Å². The van der Waals surface area contributed by atoms with Gasteiger partial charge in [-0.25, -0.2) is 4.98 Å². The van der Waals surface area contributed by atoms with Gasteiger partial charge in [0.15, 0.2) is 17.4 Å². The number of rotatable bonds is 6. The lowest BCUT2D eigenvalue weighted by molar-refractivity contribution is 0.297. The minimum absolute atomic E-state index is 0.0726. The van der Waals surface area contributed by atoms with E-state index in [0.29, 0.717) is 30.2 Å². The van der Waals surface area contributed by atoms with Crippen molar-refractivity contribution in [2.24, 2.45) is 0 Å². The fourth-order valence-corrected chi connectivity index (χ4v) is 2.07. The lowest BCUT2D eigenvalue weighted by atomic mass is 10.1. The van der Waals surface area contributed by atoms with Gasteiger partial charge in [-0.2, -0.15) is 0 Å².